The van der Waals surface area contributed by atoms with Gasteiger partial charge in [0, 0.05) is 35.6 Å². The largest absolute Gasteiger partial charge is 0.339 e. The van der Waals surface area contributed by atoms with E-state index in [1.807, 2.05) is 48.6 Å². The van der Waals surface area contributed by atoms with Gasteiger partial charge in [-0.2, -0.15) is 0 Å². The van der Waals surface area contributed by atoms with Crippen LogP contribution >= 0.6 is 11.8 Å². The molecule has 2 aliphatic rings. The van der Waals surface area contributed by atoms with Crippen molar-refractivity contribution in [1.82, 2.24) is 19.4 Å². The molecule has 0 radical (unpaired) electrons. The SMILES string of the molecule is Cc1ccc([C@@H]2[C@@H](c3ccccn3)N=C3S[C@@H](C)CN32)n1-c1cccnc1. The second kappa shape index (κ2) is 6.53. The van der Waals surface area contributed by atoms with Crippen LogP contribution in [0.2, 0.25) is 0 Å². The van der Waals surface area contributed by atoms with Gasteiger partial charge in [-0.1, -0.05) is 24.8 Å². The number of aryl methyl sites for hydroxylation is 1. The molecule has 0 aromatic carbocycles. The number of aliphatic imine (C=N–C) groups is 1. The lowest BCUT2D eigenvalue weighted by Gasteiger charge is -2.28. The van der Waals surface area contributed by atoms with E-state index in [1.54, 1.807) is 0 Å². The molecule has 0 saturated carbocycles. The number of thioether (sulfide) groups is 1. The molecule has 3 atom stereocenters. The average Bonchev–Trinajstić information content (AvgIpc) is 3.34. The van der Waals surface area contributed by atoms with Gasteiger partial charge < -0.3 is 9.47 Å². The van der Waals surface area contributed by atoms with E-state index in [9.17, 15) is 0 Å². The second-order valence-electron chi connectivity index (χ2n) is 7.08. The Kier molecular flexibility index (Phi) is 4.01. The van der Waals surface area contributed by atoms with Gasteiger partial charge in [0.15, 0.2) is 5.17 Å². The Hall–Kier alpha value is -2.60. The molecule has 0 bridgehead atoms. The highest BCUT2D eigenvalue weighted by atomic mass is 32.2. The first kappa shape index (κ1) is 16.6. The third-order valence-corrected chi connectivity index (χ3v) is 6.30. The summed E-state index contributed by atoms with van der Waals surface area (Å²) in [7, 11) is 0. The van der Waals surface area contributed by atoms with E-state index < -0.39 is 0 Å². The van der Waals surface area contributed by atoms with Gasteiger partial charge in [0.05, 0.1) is 23.6 Å². The molecule has 0 amide bonds. The molecule has 136 valence electrons. The Morgan fingerprint density at radius 3 is 2.78 bits per heavy atom. The zero-order valence-corrected chi connectivity index (χ0v) is 16.2. The van der Waals surface area contributed by atoms with Gasteiger partial charge in [-0.05, 0) is 43.3 Å². The molecular formula is C21H21N5S. The first-order chi connectivity index (χ1) is 13.2. The topological polar surface area (TPSA) is 46.3 Å². The van der Waals surface area contributed by atoms with Crippen LogP contribution in [0.25, 0.3) is 5.69 Å². The standard InChI is InChI=1S/C21H21N5S/c1-14-8-9-18(26(14)16-6-5-10-22-12-16)20-19(17-7-3-4-11-23-17)24-21-25(20)13-15(2)27-21/h3-12,15,19-20H,13H2,1-2H3/t15-,19+,20+/m0/s1. The molecule has 1 saturated heterocycles. The summed E-state index contributed by atoms with van der Waals surface area (Å²) in [5.74, 6) is 0. The summed E-state index contributed by atoms with van der Waals surface area (Å²) in [5.41, 5.74) is 4.55. The fourth-order valence-electron chi connectivity index (χ4n) is 4.07. The monoisotopic (exact) mass is 375 g/mol. The molecule has 0 aliphatic carbocycles. The normalized spacial score (nSPS) is 24.1. The number of fused-ring (bicyclic) bond motifs is 1. The second-order valence-corrected chi connectivity index (χ2v) is 8.49. The summed E-state index contributed by atoms with van der Waals surface area (Å²) in [4.78, 5) is 16.5. The number of hydrogen-bond acceptors (Lipinski definition) is 5. The molecule has 3 aromatic rings. The van der Waals surface area contributed by atoms with E-state index in [0.717, 1.165) is 23.1 Å². The van der Waals surface area contributed by atoms with E-state index in [0.29, 0.717) is 5.25 Å². The van der Waals surface area contributed by atoms with Crippen LogP contribution in [-0.4, -0.2) is 36.4 Å². The molecular weight excluding hydrogens is 354 g/mol. The molecule has 5 rings (SSSR count). The molecule has 3 aromatic heterocycles. The summed E-state index contributed by atoms with van der Waals surface area (Å²) in [5, 5.41) is 1.69. The molecule has 1 fully saturated rings. The highest BCUT2D eigenvalue weighted by Gasteiger charge is 2.44. The fraction of sp³-hybridized carbons (Fsp3) is 0.286. The fourth-order valence-corrected chi connectivity index (χ4v) is 5.16. The predicted octanol–water partition coefficient (Wildman–Crippen LogP) is 4.17. The number of amidine groups is 1. The van der Waals surface area contributed by atoms with Crippen molar-refractivity contribution in [3.63, 3.8) is 0 Å². The van der Waals surface area contributed by atoms with Crippen molar-refractivity contribution in [2.75, 3.05) is 6.54 Å². The van der Waals surface area contributed by atoms with E-state index in [-0.39, 0.29) is 12.1 Å². The van der Waals surface area contributed by atoms with E-state index in [2.05, 4.69) is 57.5 Å². The quantitative estimate of drug-likeness (QED) is 0.689. The zero-order valence-electron chi connectivity index (χ0n) is 15.4. The Bertz CT molecular complexity index is 982. The van der Waals surface area contributed by atoms with Crippen molar-refractivity contribution in [1.29, 1.82) is 0 Å². The van der Waals surface area contributed by atoms with Crippen molar-refractivity contribution >= 4 is 16.9 Å². The average molecular weight is 376 g/mol. The molecule has 0 spiro atoms. The van der Waals surface area contributed by atoms with Gasteiger partial charge in [0.1, 0.15) is 6.04 Å². The van der Waals surface area contributed by atoms with Crippen LogP contribution in [0.15, 0.2) is 66.0 Å². The first-order valence-electron chi connectivity index (χ1n) is 9.23. The van der Waals surface area contributed by atoms with Crippen molar-refractivity contribution in [3.8, 4) is 5.69 Å². The maximum atomic E-state index is 5.09. The Morgan fingerprint density at radius 1 is 1.07 bits per heavy atom. The Labute approximate surface area is 163 Å². The summed E-state index contributed by atoms with van der Waals surface area (Å²) in [6.07, 6.45) is 5.59. The number of aromatic nitrogens is 3. The number of pyridine rings is 2. The van der Waals surface area contributed by atoms with Gasteiger partial charge in [-0.3, -0.25) is 15.0 Å². The van der Waals surface area contributed by atoms with E-state index in [4.69, 9.17) is 4.99 Å². The van der Waals surface area contributed by atoms with Gasteiger partial charge in [0.2, 0.25) is 0 Å². The minimum absolute atomic E-state index is 0.00548. The lowest BCUT2D eigenvalue weighted by molar-refractivity contribution is 0.312. The third-order valence-electron chi connectivity index (χ3n) is 5.19. The van der Waals surface area contributed by atoms with Crippen LogP contribution < -0.4 is 0 Å². The van der Waals surface area contributed by atoms with Gasteiger partial charge in [-0.15, -0.1) is 0 Å². The number of nitrogens with zero attached hydrogens (tertiary/aromatic N) is 5. The van der Waals surface area contributed by atoms with Crippen LogP contribution in [0.5, 0.6) is 0 Å². The maximum Gasteiger partial charge on any atom is 0.160 e. The molecule has 5 nitrogen and oxygen atoms in total. The maximum absolute atomic E-state index is 5.09. The van der Waals surface area contributed by atoms with Crippen molar-refractivity contribution < 1.29 is 0 Å². The molecule has 27 heavy (non-hydrogen) atoms. The van der Waals surface area contributed by atoms with Crippen molar-refractivity contribution in [2.24, 2.45) is 4.99 Å². The number of rotatable bonds is 3. The molecule has 0 N–H and O–H groups in total. The minimum atomic E-state index is 0.00548. The van der Waals surface area contributed by atoms with Gasteiger partial charge in [0.25, 0.3) is 0 Å². The lowest BCUT2D eigenvalue weighted by Crippen LogP contribution is -2.30. The van der Waals surface area contributed by atoms with Crippen molar-refractivity contribution in [3.05, 3.63) is 78.1 Å². The van der Waals surface area contributed by atoms with Crippen LogP contribution in [0.3, 0.4) is 0 Å². The number of hydrogen-bond donors (Lipinski definition) is 0. The van der Waals surface area contributed by atoms with Crippen LogP contribution in [-0.2, 0) is 0 Å². The Morgan fingerprint density at radius 2 is 2.00 bits per heavy atom. The van der Waals surface area contributed by atoms with Crippen molar-refractivity contribution in [2.45, 2.75) is 31.2 Å². The van der Waals surface area contributed by atoms with Crippen LogP contribution in [0, 0.1) is 6.92 Å². The third kappa shape index (κ3) is 2.75. The van der Waals surface area contributed by atoms with E-state index in [1.165, 1.54) is 11.4 Å². The minimum Gasteiger partial charge on any atom is -0.339 e. The van der Waals surface area contributed by atoms with Gasteiger partial charge in [-0.25, -0.2) is 0 Å². The predicted molar refractivity (Wildman–Crippen MR) is 109 cm³/mol. The summed E-state index contributed by atoms with van der Waals surface area (Å²) >= 11 is 1.87. The molecule has 6 heteroatoms. The lowest BCUT2D eigenvalue weighted by atomic mass is 10.0. The molecule has 0 unspecified atom stereocenters. The Balaban J connectivity index is 1.65. The van der Waals surface area contributed by atoms with Crippen LogP contribution in [0.4, 0.5) is 0 Å². The zero-order chi connectivity index (χ0) is 18.4. The molecule has 5 heterocycles. The summed E-state index contributed by atoms with van der Waals surface area (Å²) in [6.45, 7) is 5.42. The summed E-state index contributed by atoms with van der Waals surface area (Å²) < 4.78 is 2.31. The smallest absolute Gasteiger partial charge is 0.160 e. The first-order valence-corrected chi connectivity index (χ1v) is 10.1. The van der Waals surface area contributed by atoms with E-state index >= 15 is 0 Å². The summed E-state index contributed by atoms with van der Waals surface area (Å²) in [6, 6.07) is 14.7. The van der Waals surface area contributed by atoms with Gasteiger partial charge >= 0.3 is 0 Å². The highest BCUT2D eigenvalue weighted by Crippen LogP contribution is 2.48. The van der Waals surface area contributed by atoms with Crippen LogP contribution in [0.1, 0.15) is 36.1 Å². The molecule has 2 aliphatic heterocycles. The highest BCUT2D eigenvalue weighted by molar-refractivity contribution is 8.14.